The highest BCUT2D eigenvalue weighted by Gasteiger charge is 2.07. The van der Waals surface area contributed by atoms with E-state index >= 15 is 0 Å². The lowest BCUT2D eigenvalue weighted by Crippen LogP contribution is -1.99. The van der Waals surface area contributed by atoms with E-state index in [1.807, 2.05) is 61.5 Å². The summed E-state index contributed by atoms with van der Waals surface area (Å²) in [5, 5.41) is 3.76. The van der Waals surface area contributed by atoms with Gasteiger partial charge >= 0.3 is 0 Å². The predicted octanol–water partition coefficient (Wildman–Crippen LogP) is 5.68. The van der Waals surface area contributed by atoms with Crippen LogP contribution >= 0.6 is 0 Å². The van der Waals surface area contributed by atoms with Crippen LogP contribution in [0, 0.1) is 0 Å². The first-order valence-electron chi connectivity index (χ1n) is 8.06. The van der Waals surface area contributed by atoms with Crippen LogP contribution in [-0.2, 0) is 0 Å². The van der Waals surface area contributed by atoms with Crippen molar-refractivity contribution in [3.63, 3.8) is 0 Å². The smallest absolute Gasteiger partial charge is 0.134 e. The molecular weight excluding hydrogens is 298 g/mol. The predicted molar refractivity (Wildman–Crippen MR) is 100 cm³/mol. The Morgan fingerprint density at radius 2 is 1.75 bits per heavy atom. The first kappa shape index (κ1) is 17.4. The lowest BCUT2D eigenvalue weighted by molar-refractivity contribution is 0.808. The minimum Gasteiger partial charge on any atom is -0.289 e. The third-order valence-corrected chi connectivity index (χ3v) is 3.55. The molecule has 0 aliphatic heterocycles. The average Bonchev–Trinajstić information content (AvgIpc) is 2.62. The molecule has 0 aromatic heterocycles. The molecule has 24 heavy (non-hydrogen) atoms. The lowest BCUT2D eigenvalue weighted by atomic mass is 10.1. The van der Waals surface area contributed by atoms with Crippen molar-refractivity contribution in [2.24, 2.45) is 15.1 Å². The lowest BCUT2D eigenvalue weighted by Gasteiger charge is -2.07. The van der Waals surface area contributed by atoms with Crippen LogP contribution in [0.4, 0.5) is 5.69 Å². The fraction of sp³-hybridized carbons (Fsp3) is 0.263. The summed E-state index contributed by atoms with van der Waals surface area (Å²) in [5.74, 6) is 0.354. The van der Waals surface area contributed by atoms with Crippen molar-refractivity contribution in [1.29, 1.82) is 0 Å². The number of hydrogen-bond donors (Lipinski definition) is 0. The van der Waals surface area contributed by atoms with Crippen molar-refractivity contribution in [2.45, 2.75) is 26.7 Å². The molecule has 122 valence electrons. The summed E-state index contributed by atoms with van der Waals surface area (Å²) in [5.41, 5.74) is 12.3. The summed E-state index contributed by atoms with van der Waals surface area (Å²) in [4.78, 5) is 12.1. The summed E-state index contributed by atoms with van der Waals surface area (Å²) >= 11 is 0. The second-order valence-corrected chi connectivity index (χ2v) is 5.33. The minimum absolute atomic E-state index is 0.354. The number of para-hydroxylation sites is 1. The Kier molecular flexibility index (Phi) is 6.74. The maximum absolute atomic E-state index is 8.85. The number of aliphatic imine (C=N–C) groups is 2. The van der Waals surface area contributed by atoms with E-state index in [2.05, 4.69) is 26.9 Å². The van der Waals surface area contributed by atoms with Crippen molar-refractivity contribution in [3.8, 4) is 0 Å². The molecule has 0 unspecified atom stereocenters. The van der Waals surface area contributed by atoms with E-state index in [-0.39, 0.29) is 0 Å². The second-order valence-electron chi connectivity index (χ2n) is 5.33. The average molecular weight is 319 g/mol. The minimum atomic E-state index is 0.354. The molecule has 0 radical (unpaired) electrons. The number of azide groups is 1. The third-order valence-electron chi connectivity index (χ3n) is 3.55. The Bertz CT molecular complexity index is 771. The number of nitrogens with zero attached hydrogens (tertiary/aromatic N) is 5. The summed E-state index contributed by atoms with van der Waals surface area (Å²) in [6.45, 7) is 4.94. The molecule has 0 fully saturated rings. The molecule has 0 aliphatic rings. The quantitative estimate of drug-likeness (QED) is 0.164. The van der Waals surface area contributed by atoms with Crippen LogP contribution in [0.3, 0.4) is 0 Å². The van der Waals surface area contributed by atoms with Gasteiger partial charge in [-0.15, -0.1) is 0 Å². The van der Waals surface area contributed by atoms with Crippen LogP contribution in [0.25, 0.3) is 10.4 Å². The molecule has 5 heteroatoms. The molecule has 0 saturated carbocycles. The number of hydrogen-bond acceptors (Lipinski definition) is 2. The maximum Gasteiger partial charge on any atom is 0.134 e. The van der Waals surface area contributed by atoms with Gasteiger partial charge in [0.2, 0.25) is 0 Å². The van der Waals surface area contributed by atoms with Gasteiger partial charge in [0.05, 0.1) is 5.69 Å². The van der Waals surface area contributed by atoms with Gasteiger partial charge in [0.15, 0.2) is 0 Å². The monoisotopic (exact) mass is 319 g/mol. The van der Waals surface area contributed by atoms with E-state index in [1.165, 1.54) is 0 Å². The summed E-state index contributed by atoms with van der Waals surface area (Å²) < 4.78 is 0. The van der Waals surface area contributed by atoms with Crippen LogP contribution in [0.5, 0.6) is 0 Å². The second kappa shape index (κ2) is 9.28. The van der Waals surface area contributed by atoms with Gasteiger partial charge in [-0.2, -0.15) is 0 Å². The molecule has 0 N–H and O–H groups in total. The van der Waals surface area contributed by atoms with Crippen molar-refractivity contribution >= 4 is 17.2 Å². The summed E-state index contributed by atoms with van der Waals surface area (Å²) in [6, 6.07) is 17.2. The summed E-state index contributed by atoms with van der Waals surface area (Å²) in [6.07, 6.45) is 2.18. The maximum atomic E-state index is 8.85. The zero-order valence-corrected chi connectivity index (χ0v) is 14.1. The van der Waals surface area contributed by atoms with Crippen LogP contribution in [0.1, 0.15) is 37.8 Å². The Morgan fingerprint density at radius 1 is 1.04 bits per heavy atom. The van der Waals surface area contributed by atoms with Crippen molar-refractivity contribution in [2.75, 3.05) is 6.54 Å². The first-order chi connectivity index (χ1) is 11.8. The topological polar surface area (TPSA) is 73.5 Å². The van der Waals surface area contributed by atoms with Gasteiger partial charge in [-0.3, -0.25) is 4.99 Å². The van der Waals surface area contributed by atoms with E-state index in [9.17, 15) is 0 Å². The van der Waals surface area contributed by atoms with Crippen LogP contribution in [0.15, 0.2) is 69.7 Å². The van der Waals surface area contributed by atoms with E-state index in [4.69, 9.17) is 5.53 Å². The van der Waals surface area contributed by atoms with Gasteiger partial charge in [0.1, 0.15) is 5.84 Å². The zero-order valence-electron chi connectivity index (χ0n) is 14.1. The SMILES string of the molecule is CCCC/N=C(\C)c1ccccc1/N=C(\N=[N+]=[N-])c1ccccc1. The van der Waals surface area contributed by atoms with E-state index in [0.717, 1.165) is 41.9 Å². The van der Waals surface area contributed by atoms with Crippen molar-refractivity contribution in [3.05, 3.63) is 76.2 Å². The standard InChI is InChI=1S/C19H21N5/c1-3-4-14-21-15(2)17-12-8-9-13-18(17)22-19(23-24-20)16-10-6-5-7-11-16/h5-13H,3-4,14H2,1-2H3/b21-15+,22-19-. The number of benzene rings is 2. The molecule has 0 amide bonds. The number of amidine groups is 1. The molecule has 0 saturated heterocycles. The highest BCUT2D eigenvalue weighted by Crippen LogP contribution is 2.21. The van der Waals surface area contributed by atoms with Gasteiger partial charge < -0.3 is 0 Å². The molecule has 2 aromatic carbocycles. The molecule has 2 aromatic rings. The van der Waals surface area contributed by atoms with Gasteiger partial charge in [0, 0.05) is 28.3 Å². The number of rotatable bonds is 6. The molecule has 0 atom stereocenters. The largest absolute Gasteiger partial charge is 0.289 e. The highest BCUT2D eigenvalue weighted by molar-refractivity contribution is 6.06. The van der Waals surface area contributed by atoms with Gasteiger partial charge in [-0.05, 0) is 30.1 Å². The van der Waals surface area contributed by atoms with Crippen molar-refractivity contribution in [1.82, 2.24) is 0 Å². The van der Waals surface area contributed by atoms with Gasteiger partial charge in [0.25, 0.3) is 0 Å². The Balaban J connectivity index is 2.44. The Hall–Kier alpha value is -2.91. The number of unbranched alkanes of at least 4 members (excludes halogenated alkanes) is 1. The van der Waals surface area contributed by atoms with E-state index < -0.39 is 0 Å². The van der Waals surface area contributed by atoms with Crippen molar-refractivity contribution < 1.29 is 0 Å². The molecule has 0 aliphatic carbocycles. The van der Waals surface area contributed by atoms with Gasteiger partial charge in [-0.25, -0.2) is 4.99 Å². The highest BCUT2D eigenvalue weighted by atomic mass is 15.2. The Labute approximate surface area is 142 Å². The van der Waals surface area contributed by atoms with Crippen LogP contribution in [0.2, 0.25) is 0 Å². The normalized spacial score (nSPS) is 11.9. The molecule has 0 spiro atoms. The van der Waals surface area contributed by atoms with E-state index in [0.29, 0.717) is 5.84 Å². The Morgan fingerprint density at radius 3 is 2.46 bits per heavy atom. The summed E-state index contributed by atoms with van der Waals surface area (Å²) in [7, 11) is 0. The zero-order chi connectivity index (χ0) is 17.2. The third kappa shape index (κ3) is 4.80. The molecule has 2 rings (SSSR count). The molecule has 0 bridgehead atoms. The van der Waals surface area contributed by atoms with E-state index in [1.54, 1.807) is 0 Å². The fourth-order valence-corrected chi connectivity index (χ4v) is 2.26. The molecule has 5 nitrogen and oxygen atoms in total. The van der Waals surface area contributed by atoms with Gasteiger partial charge in [-0.1, -0.05) is 61.9 Å². The first-order valence-corrected chi connectivity index (χ1v) is 8.06. The van der Waals surface area contributed by atoms with Crippen LogP contribution < -0.4 is 0 Å². The van der Waals surface area contributed by atoms with Crippen LogP contribution in [-0.4, -0.2) is 18.1 Å². The molecule has 0 heterocycles. The molecular formula is C19H21N5. The fourth-order valence-electron chi connectivity index (χ4n) is 2.26.